The highest BCUT2D eigenvalue weighted by molar-refractivity contribution is 7.15. The Kier molecular flexibility index (Phi) is 6.37. The van der Waals surface area contributed by atoms with Crippen molar-refractivity contribution in [3.63, 3.8) is 0 Å². The third-order valence-electron chi connectivity index (χ3n) is 5.99. The highest BCUT2D eigenvalue weighted by Gasteiger charge is 2.61. The molecule has 174 valence electrons. The van der Waals surface area contributed by atoms with Gasteiger partial charge in [0.2, 0.25) is 17.1 Å². The van der Waals surface area contributed by atoms with Crippen LogP contribution in [0.3, 0.4) is 0 Å². The van der Waals surface area contributed by atoms with Gasteiger partial charge in [0.15, 0.2) is 0 Å². The summed E-state index contributed by atoms with van der Waals surface area (Å²) in [6, 6.07) is -0.315. The highest BCUT2D eigenvalue weighted by atomic mass is 32.1. The van der Waals surface area contributed by atoms with Gasteiger partial charge in [0.1, 0.15) is 44.0 Å². The number of hydrogen-bond donors (Lipinski definition) is 0. The lowest BCUT2D eigenvalue weighted by atomic mass is 9.77. The Bertz CT molecular complexity index is 1120. The van der Waals surface area contributed by atoms with Gasteiger partial charge in [-0.25, -0.2) is 14.2 Å². The van der Waals surface area contributed by atoms with Crippen LogP contribution < -0.4 is 4.57 Å². The number of imidazole rings is 1. The summed E-state index contributed by atoms with van der Waals surface area (Å²) in [6.07, 6.45) is 7.23. The van der Waals surface area contributed by atoms with Crippen molar-refractivity contribution in [3.05, 3.63) is 60.7 Å². The summed E-state index contributed by atoms with van der Waals surface area (Å²) in [5, 5.41) is 1.99. The minimum atomic E-state index is -0.859. The highest BCUT2D eigenvalue weighted by Crippen LogP contribution is 2.48. The molecule has 0 aliphatic carbocycles. The lowest BCUT2D eigenvalue weighted by molar-refractivity contribution is -0.688. The Hall–Kier alpha value is -3.40. The van der Waals surface area contributed by atoms with Crippen molar-refractivity contribution >= 4 is 34.2 Å². The number of rotatable bonds is 9. The minimum absolute atomic E-state index is 0.0213. The number of aromatic nitrogens is 2. The van der Waals surface area contributed by atoms with E-state index in [1.807, 2.05) is 40.0 Å². The first-order valence-corrected chi connectivity index (χ1v) is 11.5. The molecule has 2 aromatic rings. The standard InChI is InChI=1S/C23H26N3O6S/c1-5-8-30-22(28)20-16(11-24-12-17-25(13-24)7-10-33-17)14(3)19-18(21(27)26(19)20)15(4)32-23(29)31-9-6-2/h5-7,10,12-15,18-19H,1-2,8-9,11H2,3-4H3/q+1/t14-,15-,18+,19+/m0/s1. The molecule has 33 heavy (non-hydrogen) atoms. The maximum atomic E-state index is 13.1. The zero-order valence-corrected chi connectivity index (χ0v) is 19.3. The van der Waals surface area contributed by atoms with Gasteiger partial charge >= 0.3 is 12.1 Å². The van der Waals surface area contributed by atoms with Crippen LogP contribution in [-0.2, 0) is 30.3 Å². The van der Waals surface area contributed by atoms with Crippen LogP contribution in [-0.4, -0.2) is 52.7 Å². The summed E-state index contributed by atoms with van der Waals surface area (Å²) in [4.78, 5) is 40.5. The van der Waals surface area contributed by atoms with Crippen molar-refractivity contribution in [2.75, 3.05) is 13.2 Å². The van der Waals surface area contributed by atoms with E-state index < -0.39 is 24.1 Å². The van der Waals surface area contributed by atoms with E-state index >= 15 is 0 Å². The number of hydrogen-bond acceptors (Lipinski definition) is 7. The molecule has 1 fully saturated rings. The Labute approximate surface area is 195 Å². The molecule has 0 saturated carbocycles. The lowest BCUT2D eigenvalue weighted by Gasteiger charge is -2.47. The molecule has 2 aromatic heterocycles. The molecule has 2 aliphatic rings. The van der Waals surface area contributed by atoms with Crippen LogP contribution in [0.15, 0.2) is 60.7 Å². The molecule has 4 rings (SSSR count). The van der Waals surface area contributed by atoms with Crippen LogP contribution in [0.2, 0.25) is 0 Å². The van der Waals surface area contributed by atoms with E-state index in [1.165, 1.54) is 17.1 Å². The number of nitrogens with zero attached hydrogens (tertiary/aromatic N) is 3. The van der Waals surface area contributed by atoms with Crippen molar-refractivity contribution < 1.29 is 33.2 Å². The predicted molar refractivity (Wildman–Crippen MR) is 119 cm³/mol. The summed E-state index contributed by atoms with van der Waals surface area (Å²) in [5.41, 5.74) is 1.06. The van der Waals surface area contributed by atoms with Gasteiger partial charge in [-0.2, -0.15) is 4.40 Å². The molecular formula is C23H26N3O6S+. The molecule has 4 heterocycles. The number of ether oxygens (including phenoxy) is 3. The molecule has 2 aliphatic heterocycles. The quantitative estimate of drug-likeness (QED) is 0.241. The van der Waals surface area contributed by atoms with E-state index in [2.05, 4.69) is 13.2 Å². The third-order valence-corrected chi connectivity index (χ3v) is 6.81. The fraction of sp³-hybridized carbons (Fsp3) is 0.391. The predicted octanol–water partition coefficient (Wildman–Crippen LogP) is 2.48. The maximum absolute atomic E-state index is 13.1. The van der Waals surface area contributed by atoms with Crippen molar-refractivity contribution in [2.24, 2.45) is 11.8 Å². The smallest absolute Gasteiger partial charge is 0.457 e. The topological polar surface area (TPSA) is 90.4 Å². The van der Waals surface area contributed by atoms with Gasteiger partial charge in [0.05, 0.1) is 12.0 Å². The van der Waals surface area contributed by atoms with Crippen LogP contribution in [0.25, 0.3) is 4.83 Å². The van der Waals surface area contributed by atoms with E-state index in [4.69, 9.17) is 14.2 Å². The second-order valence-electron chi connectivity index (χ2n) is 8.01. The van der Waals surface area contributed by atoms with Gasteiger partial charge in [0, 0.05) is 16.9 Å². The van der Waals surface area contributed by atoms with Crippen LogP contribution in [0.4, 0.5) is 4.79 Å². The SMILES string of the molecule is C=CCOC(=O)O[C@@H](C)[C@H]1C(=O)N2C(C(=O)OCC=C)=C(C[n+]3cc4sccn4c3)[C@H](C)[C@H]12. The Morgan fingerprint density at radius 2 is 2.00 bits per heavy atom. The third kappa shape index (κ3) is 4.06. The number of fused-ring (bicyclic) bond motifs is 2. The maximum Gasteiger partial charge on any atom is 0.508 e. The Morgan fingerprint density at radius 3 is 2.70 bits per heavy atom. The second kappa shape index (κ2) is 9.22. The molecule has 10 heteroatoms. The molecule has 4 atom stereocenters. The molecule has 0 aromatic carbocycles. The van der Waals surface area contributed by atoms with Gasteiger partial charge in [0.25, 0.3) is 0 Å². The van der Waals surface area contributed by atoms with E-state index in [-0.39, 0.29) is 36.8 Å². The number of β-lactam (4-membered cyclic amide) rings is 1. The average Bonchev–Trinajstić information content (AvgIpc) is 3.43. The first-order chi connectivity index (χ1) is 15.9. The summed E-state index contributed by atoms with van der Waals surface area (Å²) < 4.78 is 19.5. The van der Waals surface area contributed by atoms with Gasteiger partial charge in [-0.05, 0) is 6.92 Å². The fourth-order valence-electron chi connectivity index (χ4n) is 4.53. The fourth-order valence-corrected chi connectivity index (χ4v) is 5.29. The monoisotopic (exact) mass is 472 g/mol. The van der Waals surface area contributed by atoms with E-state index in [0.29, 0.717) is 6.54 Å². The van der Waals surface area contributed by atoms with Gasteiger partial charge in [-0.1, -0.05) is 43.6 Å². The molecule has 1 amide bonds. The van der Waals surface area contributed by atoms with Crippen LogP contribution >= 0.6 is 11.3 Å². The van der Waals surface area contributed by atoms with Crippen molar-refractivity contribution in [1.29, 1.82) is 0 Å². The van der Waals surface area contributed by atoms with Crippen LogP contribution in [0, 0.1) is 11.8 Å². The number of amides is 1. The summed E-state index contributed by atoms with van der Waals surface area (Å²) >= 11 is 1.61. The molecule has 0 N–H and O–H groups in total. The Morgan fingerprint density at radius 1 is 1.27 bits per heavy atom. The van der Waals surface area contributed by atoms with Crippen molar-refractivity contribution in [1.82, 2.24) is 9.30 Å². The number of thiazole rings is 1. The molecule has 0 radical (unpaired) electrons. The molecule has 0 unspecified atom stereocenters. The van der Waals surface area contributed by atoms with Crippen LogP contribution in [0.5, 0.6) is 0 Å². The zero-order valence-electron chi connectivity index (χ0n) is 18.5. The van der Waals surface area contributed by atoms with Crippen LogP contribution in [0.1, 0.15) is 13.8 Å². The van der Waals surface area contributed by atoms with Crippen molar-refractivity contribution in [3.8, 4) is 0 Å². The minimum Gasteiger partial charge on any atom is -0.457 e. The molecule has 9 nitrogen and oxygen atoms in total. The van der Waals surface area contributed by atoms with Gasteiger partial charge in [-0.3, -0.25) is 4.79 Å². The molecule has 1 saturated heterocycles. The summed E-state index contributed by atoms with van der Waals surface area (Å²) in [7, 11) is 0. The summed E-state index contributed by atoms with van der Waals surface area (Å²) in [6.45, 7) is 11.2. The van der Waals surface area contributed by atoms with Gasteiger partial charge < -0.3 is 19.1 Å². The molecular weight excluding hydrogens is 446 g/mol. The van der Waals surface area contributed by atoms with E-state index in [9.17, 15) is 14.4 Å². The molecule has 0 spiro atoms. The van der Waals surface area contributed by atoms with Crippen molar-refractivity contribution in [2.45, 2.75) is 32.5 Å². The first-order valence-electron chi connectivity index (χ1n) is 10.6. The average molecular weight is 473 g/mol. The zero-order chi connectivity index (χ0) is 23.7. The first kappa shape index (κ1) is 22.8. The number of carbonyl (C=O) groups is 3. The second-order valence-corrected chi connectivity index (χ2v) is 8.94. The number of carbonyl (C=O) groups excluding carboxylic acids is 3. The summed E-state index contributed by atoms with van der Waals surface area (Å²) in [5.74, 6) is -1.57. The van der Waals surface area contributed by atoms with Gasteiger partial charge in [-0.15, -0.1) is 0 Å². The Balaban J connectivity index is 1.59. The lowest BCUT2D eigenvalue weighted by Crippen LogP contribution is -2.64. The molecule has 0 bridgehead atoms. The largest absolute Gasteiger partial charge is 0.508 e. The number of esters is 1. The van der Waals surface area contributed by atoms with E-state index in [0.717, 1.165) is 10.4 Å². The van der Waals surface area contributed by atoms with E-state index in [1.54, 1.807) is 18.3 Å². The normalized spacial score (nSPS) is 22.5.